The Morgan fingerprint density at radius 3 is 1.81 bits per heavy atom. The fourth-order valence-corrected chi connectivity index (χ4v) is 4.23. The smallest absolute Gasteiger partial charge is 0.0120 e. The molecule has 2 atom stereocenters. The second kappa shape index (κ2) is 9.84. The van der Waals surface area contributed by atoms with Crippen molar-refractivity contribution in [3.05, 3.63) is 0 Å². The first-order chi connectivity index (χ1) is 10.3. The van der Waals surface area contributed by atoms with Crippen molar-refractivity contribution in [2.45, 2.75) is 96.1 Å². The zero-order chi connectivity index (χ0) is 14.9. The van der Waals surface area contributed by atoms with Gasteiger partial charge in [-0.25, -0.2) is 0 Å². The minimum absolute atomic E-state index is 0.763. The normalized spacial score (nSPS) is 32.3. The molecule has 0 aromatic heterocycles. The molecule has 1 aliphatic carbocycles. The second-order valence-corrected chi connectivity index (χ2v) is 7.76. The van der Waals surface area contributed by atoms with Gasteiger partial charge in [-0.15, -0.1) is 0 Å². The van der Waals surface area contributed by atoms with Crippen molar-refractivity contribution >= 4 is 0 Å². The lowest BCUT2D eigenvalue weighted by atomic mass is 9.91. The highest BCUT2D eigenvalue weighted by atomic mass is 15.1. The van der Waals surface area contributed by atoms with Gasteiger partial charge in [-0.2, -0.15) is 0 Å². The first-order valence-electron chi connectivity index (χ1n) is 9.70. The second-order valence-electron chi connectivity index (χ2n) is 7.76. The van der Waals surface area contributed by atoms with Crippen LogP contribution in [0.3, 0.4) is 0 Å². The van der Waals surface area contributed by atoms with Gasteiger partial charge in [0.1, 0.15) is 0 Å². The van der Waals surface area contributed by atoms with E-state index in [1.165, 1.54) is 90.1 Å². The van der Waals surface area contributed by atoms with E-state index in [9.17, 15) is 0 Å². The fourth-order valence-electron chi connectivity index (χ4n) is 4.23. The van der Waals surface area contributed by atoms with Gasteiger partial charge in [0.05, 0.1) is 0 Å². The summed E-state index contributed by atoms with van der Waals surface area (Å²) in [6.45, 7) is 4.97. The van der Waals surface area contributed by atoms with Crippen LogP contribution in [0, 0.1) is 5.92 Å². The van der Waals surface area contributed by atoms with Crippen LogP contribution in [0.25, 0.3) is 0 Å². The summed E-state index contributed by atoms with van der Waals surface area (Å²) in [6, 6.07) is 1.55. The van der Waals surface area contributed by atoms with Crippen LogP contribution < -0.4 is 5.32 Å². The molecule has 0 aromatic carbocycles. The van der Waals surface area contributed by atoms with Crippen molar-refractivity contribution in [1.29, 1.82) is 0 Å². The maximum atomic E-state index is 4.05. The summed E-state index contributed by atoms with van der Waals surface area (Å²) in [4.78, 5) is 2.49. The van der Waals surface area contributed by atoms with Gasteiger partial charge >= 0.3 is 0 Å². The molecule has 2 unspecified atom stereocenters. The van der Waals surface area contributed by atoms with Gasteiger partial charge in [0.15, 0.2) is 0 Å². The van der Waals surface area contributed by atoms with E-state index in [0.717, 1.165) is 18.0 Å². The van der Waals surface area contributed by atoms with E-state index in [0.29, 0.717) is 0 Å². The highest BCUT2D eigenvalue weighted by Crippen LogP contribution is 2.21. The van der Waals surface area contributed by atoms with Crippen LogP contribution in [-0.4, -0.2) is 37.1 Å². The summed E-state index contributed by atoms with van der Waals surface area (Å²) in [5, 5.41) is 4.05. The maximum absolute atomic E-state index is 4.05. The molecule has 0 aromatic rings. The Kier molecular flexibility index (Phi) is 8.10. The van der Waals surface area contributed by atoms with Crippen molar-refractivity contribution in [3.8, 4) is 0 Å². The van der Waals surface area contributed by atoms with Crippen molar-refractivity contribution in [2.24, 2.45) is 5.92 Å². The lowest BCUT2D eigenvalue weighted by Crippen LogP contribution is -2.50. The zero-order valence-electron chi connectivity index (χ0n) is 14.6. The third kappa shape index (κ3) is 6.69. The standard InChI is InChI=1S/C19H38N2/c1-17-16-21(2)15-14-19(17)20-18-12-10-8-6-4-3-5-7-9-11-13-18/h17-20H,3-16H2,1-2H3. The molecule has 1 saturated carbocycles. The Morgan fingerprint density at radius 2 is 1.29 bits per heavy atom. The Bertz CT molecular complexity index is 254. The predicted octanol–water partition coefficient (Wildman–Crippen LogP) is 4.59. The summed E-state index contributed by atoms with van der Waals surface area (Å²) in [5.41, 5.74) is 0. The number of hydrogen-bond acceptors (Lipinski definition) is 2. The number of hydrogen-bond donors (Lipinski definition) is 1. The zero-order valence-corrected chi connectivity index (χ0v) is 14.6. The minimum Gasteiger partial charge on any atom is -0.311 e. The Balaban J connectivity index is 1.77. The Morgan fingerprint density at radius 1 is 0.762 bits per heavy atom. The van der Waals surface area contributed by atoms with Crippen LogP contribution in [0.1, 0.15) is 84.0 Å². The third-order valence-corrected chi connectivity index (χ3v) is 5.66. The number of likely N-dealkylation sites (tertiary alicyclic amines) is 1. The van der Waals surface area contributed by atoms with Crippen LogP contribution in [-0.2, 0) is 0 Å². The molecule has 124 valence electrons. The molecule has 0 radical (unpaired) electrons. The van der Waals surface area contributed by atoms with E-state index in [-0.39, 0.29) is 0 Å². The third-order valence-electron chi connectivity index (χ3n) is 5.66. The summed E-state index contributed by atoms with van der Waals surface area (Å²) >= 11 is 0. The quantitative estimate of drug-likeness (QED) is 0.801. The van der Waals surface area contributed by atoms with Gasteiger partial charge in [0.2, 0.25) is 0 Å². The molecule has 2 aliphatic rings. The van der Waals surface area contributed by atoms with Crippen LogP contribution in [0.15, 0.2) is 0 Å². The van der Waals surface area contributed by atoms with E-state index < -0.39 is 0 Å². The molecule has 1 heterocycles. The number of piperidine rings is 1. The van der Waals surface area contributed by atoms with E-state index >= 15 is 0 Å². The van der Waals surface area contributed by atoms with Crippen molar-refractivity contribution in [2.75, 3.05) is 20.1 Å². The minimum atomic E-state index is 0.763. The van der Waals surface area contributed by atoms with Gasteiger partial charge in [-0.05, 0) is 38.8 Å². The summed E-state index contributed by atoms with van der Waals surface area (Å²) < 4.78 is 0. The summed E-state index contributed by atoms with van der Waals surface area (Å²) in [7, 11) is 2.27. The van der Waals surface area contributed by atoms with Crippen molar-refractivity contribution in [3.63, 3.8) is 0 Å². The average molecular weight is 295 g/mol. The number of rotatable bonds is 2. The largest absolute Gasteiger partial charge is 0.311 e. The van der Waals surface area contributed by atoms with Gasteiger partial charge in [-0.3, -0.25) is 0 Å². The Hall–Kier alpha value is -0.0800. The van der Waals surface area contributed by atoms with E-state index in [1.54, 1.807) is 0 Å². The molecule has 0 amide bonds. The molecule has 2 nitrogen and oxygen atoms in total. The molecule has 21 heavy (non-hydrogen) atoms. The number of nitrogens with zero attached hydrogens (tertiary/aromatic N) is 1. The molecular formula is C19H38N2. The van der Waals surface area contributed by atoms with Gasteiger partial charge in [0.25, 0.3) is 0 Å². The van der Waals surface area contributed by atoms with Crippen LogP contribution in [0.2, 0.25) is 0 Å². The van der Waals surface area contributed by atoms with Crippen LogP contribution >= 0.6 is 0 Å². The van der Waals surface area contributed by atoms with Crippen LogP contribution in [0.5, 0.6) is 0 Å². The lowest BCUT2D eigenvalue weighted by molar-refractivity contribution is 0.161. The molecule has 2 heteroatoms. The van der Waals surface area contributed by atoms with Gasteiger partial charge in [0, 0.05) is 18.6 Å². The summed E-state index contributed by atoms with van der Waals surface area (Å²) in [6.07, 6.45) is 17.4. The number of nitrogens with one attached hydrogen (secondary N) is 1. The first kappa shape index (κ1) is 17.3. The molecule has 2 rings (SSSR count). The molecule has 1 aliphatic heterocycles. The molecule has 0 spiro atoms. The van der Waals surface area contributed by atoms with Crippen LogP contribution in [0.4, 0.5) is 0 Å². The molecule has 1 saturated heterocycles. The fraction of sp³-hybridized carbons (Fsp3) is 1.00. The highest BCUT2D eigenvalue weighted by Gasteiger charge is 2.25. The highest BCUT2D eigenvalue weighted by molar-refractivity contribution is 4.84. The average Bonchev–Trinajstić information content (AvgIpc) is 2.44. The summed E-state index contributed by atoms with van der Waals surface area (Å²) in [5.74, 6) is 0.810. The molecule has 2 fully saturated rings. The van der Waals surface area contributed by atoms with Crippen molar-refractivity contribution in [1.82, 2.24) is 10.2 Å². The van der Waals surface area contributed by atoms with Gasteiger partial charge in [-0.1, -0.05) is 64.7 Å². The van der Waals surface area contributed by atoms with E-state index in [2.05, 4.69) is 24.2 Å². The lowest BCUT2D eigenvalue weighted by Gasteiger charge is -2.37. The van der Waals surface area contributed by atoms with Gasteiger partial charge < -0.3 is 10.2 Å². The van der Waals surface area contributed by atoms with E-state index in [1.807, 2.05) is 0 Å². The van der Waals surface area contributed by atoms with Crippen molar-refractivity contribution < 1.29 is 0 Å². The predicted molar refractivity (Wildman–Crippen MR) is 92.8 cm³/mol. The SMILES string of the molecule is CC1CN(C)CCC1NC1CCCCCCCCCCC1. The molecular weight excluding hydrogens is 256 g/mol. The molecule has 0 bridgehead atoms. The molecule has 1 N–H and O–H groups in total. The van der Waals surface area contributed by atoms with E-state index in [4.69, 9.17) is 0 Å². The Labute approximate surface area is 133 Å². The monoisotopic (exact) mass is 294 g/mol. The maximum Gasteiger partial charge on any atom is 0.0120 e. The topological polar surface area (TPSA) is 15.3 Å². The first-order valence-corrected chi connectivity index (χ1v) is 9.70.